The molecule has 0 spiro atoms. The number of halogens is 2. The van der Waals surface area contributed by atoms with Gasteiger partial charge in [-0.2, -0.15) is 0 Å². The molecule has 1 aliphatic carbocycles. The number of fused-ring (bicyclic) bond motifs is 1. The molecule has 2 aliphatic rings. The summed E-state index contributed by atoms with van der Waals surface area (Å²) in [6.07, 6.45) is 2.97. The summed E-state index contributed by atoms with van der Waals surface area (Å²) in [4.78, 5) is 78.6. The number of aliphatic hydroxyl groups excluding tert-OH is 1. The number of hydrogen-bond donors (Lipinski definition) is 4. The number of thiazole rings is 1. The number of allylic oxidation sites excluding steroid dienone is 2. The normalized spacial score (nSPS) is 16.1. The number of aliphatic hydroxyl groups is 1. The Morgan fingerprint density at radius 3 is 2.30 bits per heavy atom. The van der Waals surface area contributed by atoms with Crippen molar-refractivity contribution in [2.45, 2.75) is 104 Å². The van der Waals surface area contributed by atoms with Crippen molar-refractivity contribution < 1.29 is 46.3 Å². The number of likely N-dealkylation sites (tertiary alicyclic amines) is 1. The highest BCUT2D eigenvalue weighted by Gasteiger charge is 2.44. The van der Waals surface area contributed by atoms with E-state index in [1.54, 1.807) is 87.1 Å². The number of nitrogens with one attached hydrogen (secondary N) is 3. The predicted molar refractivity (Wildman–Crippen MR) is 264 cm³/mol. The molecule has 18 heteroatoms. The molecular weight excluding hydrogens is 939 g/mol. The highest BCUT2D eigenvalue weighted by atomic mass is 32.2. The molecule has 0 radical (unpaired) electrons. The lowest BCUT2D eigenvalue weighted by molar-refractivity contribution is -0.144. The molecule has 0 bridgehead atoms. The van der Waals surface area contributed by atoms with Crippen LogP contribution in [0.25, 0.3) is 27.1 Å². The fraction of sp³-hybridized carbons (Fsp3) is 0.365. The molecule has 4 amide bonds. The average Bonchev–Trinajstić information content (AvgIpc) is 4.06. The van der Waals surface area contributed by atoms with Gasteiger partial charge in [0.05, 0.1) is 44.9 Å². The number of ketones is 1. The van der Waals surface area contributed by atoms with Gasteiger partial charge in [0, 0.05) is 72.9 Å². The number of rotatable bonds is 18. The molecule has 3 atom stereocenters. The lowest BCUT2D eigenvalue weighted by Crippen LogP contribution is -2.57. The first-order chi connectivity index (χ1) is 33.2. The quantitative estimate of drug-likeness (QED) is 0.0636. The van der Waals surface area contributed by atoms with Crippen LogP contribution in [0.15, 0.2) is 84.5 Å². The van der Waals surface area contributed by atoms with Crippen molar-refractivity contribution in [3.63, 3.8) is 0 Å². The summed E-state index contributed by atoms with van der Waals surface area (Å²) in [5, 5.41) is 19.1. The van der Waals surface area contributed by atoms with Crippen molar-refractivity contribution in [1.29, 1.82) is 0 Å². The van der Waals surface area contributed by atoms with Gasteiger partial charge in [0.1, 0.15) is 23.7 Å². The molecule has 0 saturated carbocycles. The molecule has 14 nitrogen and oxygen atoms in total. The van der Waals surface area contributed by atoms with Crippen molar-refractivity contribution in [1.82, 2.24) is 25.5 Å². The number of β-amino-alcohol motifs (C(OH)–C–C–N with tert-alkyl or cyclic N) is 1. The van der Waals surface area contributed by atoms with E-state index in [-0.39, 0.29) is 68.0 Å². The van der Waals surface area contributed by atoms with Gasteiger partial charge in [-0.15, -0.1) is 11.3 Å². The van der Waals surface area contributed by atoms with E-state index in [4.69, 9.17) is 0 Å². The maximum Gasteiger partial charge on any atom is 0.246 e. The Hall–Kier alpha value is -6.50. The van der Waals surface area contributed by atoms with Gasteiger partial charge in [-0.3, -0.25) is 29.0 Å². The molecule has 3 heterocycles. The fourth-order valence-electron chi connectivity index (χ4n) is 8.63. The number of nitrogens with zero attached hydrogens (tertiary/aromatic N) is 3. The van der Waals surface area contributed by atoms with Crippen molar-refractivity contribution in [2.24, 2.45) is 5.41 Å². The number of aryl methyl sites for hydroxylation is 1. The lowest BCUT2D eigenvalue weighted by atomic mass is 9.85. The van der Waals surface area contributed by atoms with E-state index in [1.807, 2.05) is 31.2 Å². The first-order valence-corrected chi connectivity index (χ1v) is 25.8. The number of carbonyl (C=O) groups excluding carboxylic acids is 5. The van der Waals surface area contributed by atoms with Crippen LogP contribution in [0.1, 0.15) is 98.2 Å². The van der Waals surface area contributed by atoms with Crippen LogP contribution in [-0.2, 0) is 47.7 Å². The van der Waals surface area contributed by atoms with Gasteiger partial charge in [0.15, 0.2) is 15.6 Å². The SMILES string of the molecule is CCCS(=O)(=O)Cc1ccc(F)c(C(=O)C2=CCc3ncc(-c4ccc(NC(=O)CCCC(=O)N[C@H](C(=O)N5C[C@H](O)C[C@H]5C(=O)NCc5ccc(-c6scnc6C)cc5)C(C)(C)C)cc4)cc32)c1F. The van der Waals surface area contributed by atoms with Crippen LogP contribution in [-0.4, -0.2) is 88.3 Å². The number of pyridine rings is 1. The molecule has 1 aliphatic heterocycles. The van der Waals surface area contributed by atoms with Gasteiger partial charge in [-0.25, -0.2) is 22.2 Å². The Balaban J connectivity index is 0.907. The van der Waals surface area contributed by atoms with Crippen molar-refractivity contribution >= 4 is 61.8 Å². The van der Waals surface area contributed by atoms with Gasteiger partial charge < -0.3 is 26.0 Å². The van der Waals surface area contributed by atoms with E-state index in [1.165, 1.54) is 4.90 Å². The largest absolute Gasteiger partial charge is 0.391 e. The Kier molecular flexibility index (Phi) is 15.9. The summed E-state index contributed by atoms with van der Waals surface area (Å²) in [7, 11) is -3.67. The van der Waals surface area contributed by atoms with Gasteiger partial charge in [-0.05, 0) is 66.1 Å². The highest BCUT2D eigenvalue weighted by Crippen LogP contribution is 2.35. The van der Waals surface area contributed by atoms with Crippen LogP contribution in [0.5, 0.6) is 0 Å². The van der Waals surface area contributed by atoms with Crippen molar-refractivity contribution in [3.8, 4) is 21.6 Å². The van der Waals surface area contributed by atoms with Gasteiger partial charge in [0.25, 0.3) is 0 Å². The first kappa shape index (κ1) is 51.4. The zero-order valence-corrected chi connectivity index (χ0v) is 41.2. The van der Waals surface area contributed by atoms with Crippen LogP contribution in [0.4, 0.5) is 14.5 Å². The minimum atomic E-state index is -3.67. The monoisotopic (exact) mass is 994 g/mol. The minimum absolute atomic E-state index is 0.00595. The maximum absolute atomic E-state index is 15.6. The molecule has 1 fully saturated rings. The van der Waals surface area contributed by atoms with E-state index < -0.39 is 79.9 Å². The molecule has 0 unspecified atom stereocenters. The number of anilines is 1. The van der Waals surface area contributed by atoms with E-state index in [2.05, 4.69) is 25.9 Å². The third-order valence-corrected chi connectivity index (χ3v) is 15.1. The Bertz CT molecular complexity index is 2950. The van der Waals surface area contributed by atoms with Crippen molar-refractivity contribution in [2.75, 3.05) is 17.6 Å². The lowest BCUT2D eigenvalue weighted by Gasteiger charge is -2.35. The van der Waals surface area contributed by atoms with E-state index in [9.17, 15) is 37.5 Å². The van der Waals surface area contributed by atoms with Crippen LogP contribution >= 0.6 is 11.3 Å². The molecule has 2 aromatic heterocycles. The predicted octanol–water partition coefficient (Wildman–Crippen LogP) is 7.52. The molecule has 368 valence electrons. The number of amides is 4. The smallest absolute Gasteiger partial charge is 0.246 e. The second-order valence-corrected chi connectivity index (χ2v) is 21.8. The molecule has 7 rings (SSSR count). The first-order valence-electron chi connectivity index (χ1n) is 23.1. The third kappa shape index (κ3) is 12.1. The summed E-state index contributed by atoms with van der Waals surface area (Å²) < 4.78 is 55.5. The molecule has 3 aromatic carbocycles. The van der Waals surface area contributed by atoms with Crippen LogP contribution < -0.4 is 16.0 Å². The molecule has 4 N–H and O–H groups in total. The van der Waals surface area contributed by atoms with Gasteiger partial charge in [-0.1, -0.05) is 76.2 Å². The number of hydrogen-bond acceptors (Lipinski definition) is 11. The Labute approximate surface area is 409 Å². The zero-order valence-electron chi connectivity index (χ0n) is 39.6. The standard InChI is InChI=1S/C52H56F2N6O8S2/c1-6-22-70(67,68)28-34-16-20-40(53)45(46(34)54)47(64)38-19-21-41-39(38)23-35(26-55-41)32-14-17-36(18-15-32)58-43(62)8-7-9-44(63)59-49(52(3,4)5)51(66)60-27-37(61)24-42(60)50(65)56-25-31-10-12-33(13-11-31)48-30(2)57-29-69-48/h10-20,23,26,29,37,42,49,61H,6-9,21-22,24-25,27-28H2,1-5H3,(H,56,65)(H,58,62)(H,59,63)/t37-,42+,49-/m1/s1. The Morgan fingerprint density at radius 2 is 1.63 bits per heavy atom. The summed E-state index contributed by atoms with van der Waals surface area (Å²) in [6, 6.07) is 16.2. The van der Waals surface area contributed by atoms with Crippen LogP contribution in [0.2, 0.25) is 0 Å². The number of sulfone groups is 1. The van der Waals surface area contributed by atoms with Crippen LogP contribution in [0.3, 0.4) is 0 Å². The summed E-state index contributed by atoms with van der Waals surface area (Å²) >= 11 is 1.55. The number of Topliss-reactive ketones (excluding diaryl/α,β-unsaturated/α-hetero) is 1. The molecule has 70 heavy (non-hydrogen) atoms. The average molecular weight is 995 g/mol. The number of benzene rings is 3. The number of carbonyl (C=O) groups is 5. The topological polar surface area (TPSA) is 205 Å². The molecular formula is C52H56F2N6O8S2. The molecule has 5 aromatic rings. The zero-order chi connectivity index (χ0) is 50.5. The van der Waals surface area contributed by atoms with Gasteiger partial charge >= 0.3 is 0 Å². The number of aromatic nitrogens is 2. The van der Waals surface area contributed by atoms with E-state index >= 15 is 8.78 Å². The fourth-order valence-corrected chi connectivity index (χ4v) is 10.9. The Morgan fingerprint density at radius 1 is 0.929 bits per heavy atom. The minimum Gasteiger partial charge on any atom is -0.391 e. The third-order valence-electron chi connectivity index (χ3n) is 12.3. The summed E-state index contributed by atoms with van der Waals surface area (Å²) in [6.45, 7) is 9.16. The van der Waals surface area contributed by atoms with E-state index in [0.717, 1.165) is 33.8 Å². The second-order valence-electron chi connectivity index (χ2n) is 18.8. The summed E-state index contributed by atoms with van der Waals surface area (Å²) in [5.41, 5.74) is 5.45. The van der Waals surface area contributed by atoms with E-state index in [0.29, 0.717) is 34.5 Å². The maximum atomic E-state index is 15.6. The van der Waals surface area contributed by atoms with Gasteiger partial charge in [0.2, 0.25) is 23.6 Å². The van der Waals surface area contributed by atoms with Crippen molar-refractivity contribution in [3.05, 3.63) is 130 Å². The summed E-state index contributed by atoms with van der Waals surface area (Å²) in [5.74, 6) is -5.77. The van der Waals surface area contributed by atoms with Crippen LogP contribution in [0, 0.1) is 24.0 Å². The molecule has 1 saturated heterocycles. The second kappa shape index (κ2) is 21.6. The highest BCUT2D eigenvalue weighted by molar-refractivity contribution is 7.90.